The number of carbonyl (C=O) groups is 2. The lowest BCUT2D eigenvalue weighted by Crippen LogP contribution is -2.32. The first-order valence-corrected chi connectivity index (χ1v) is 6.48. The van der Waals surface area contributed by atoms with Crippen molar-refractivity contribution in [3.05, 3.63) is 35.4 Å². The average molecular weight is 261 g/mol. The van der Waals surface area contributed by atoms with E-state index in [0.717, 1.165) is 11.1 Å². The molecular formula is C15H19NO3. The first-order valence-electron chi connectivity index (χ1n) is 6.48. The van der Waals surface area contributed by atoms with Crippen molar-refractivity contribution in [2.45, 2.75) is 26.3 Å². The molecule has 0 aromatic heterocycles. The summed E-state index contributed by atoms with van der Waals surface area (Å²) in [5.41, 5.74) is 2.24. The predicted molar refractivity (Wildman–Crippen MR) is 71.6 cm³/mol. The second-order valence-electron chi connectivity index (χ2n) is 5.27. The Morgan fingerprint density at radius 1 is 1.32 bits per heavy atom. The van der Waals surface area contributed by atoms with Crippen LogP contribution in [0.3, 0.4) is 0 Å². The van der Waals surface area contributed by atoms with Crippen molar-refractivity contribution in [3.63, 3.8) is 0 Å². The number of hydrogen-bond donors (Lipinski definition) is 1. The summed E-state index contributed by atoms with van der Waals surface area (Å²) in [6.07, 6.45) is 0.471. The highest BCUT2D eigenvalue weighted by Crippen LogP contribution is 2.41. The Labute approximate surface area is 113 Å². The quantitative estimate of drug-likeness (QED) is 0.904. The topological polar surface area (TPSA) is 57.6 Å². The maximum absolute atomic E-state index is 12.2. The normalized spacial score (nSPS) is 22.7. The SMILES string of the molecule is Cc1ccccc1C(C)N(C)C(=O)C1CC1C(=O)O. The molecule has 1 aliphatic rings. The molecule has 0 heterocycles. The number of benzene rings is 1. The summed E-state index contributed by atoms with van der Waals surface area (Å²) in [6, 6.07) is 7.90. The van der Waals surface area contributed by atoms with E-state index in [4.69, 9.17) is 5.11 Å². The Hall–Kier alpha value is -1.84. The maximum Gasteiger partial charge on any atom is 0.307 e. The minimum Gasteiger partial charge on any atom is -0.481 e. The van der Waals surface area contributed by atoms with E-state index in [1.54, 1.807) is 11.9 Å². The summed E-state index contributed by atoms with van der Waals surface area (Å²) < 4.78 is 0. The maximum atomic E-state index is 12.2. The lowest BCUT2D eigenvalue weighted by atomic mass is 10.0. The fraction of sp³-hybridized carbons (Fsp3) is 0.467. The molecule has 0 radical (unpaired) electrons. The van der Waals surface area contributed by atoms with Crippen LogP contribution in [0.25, 0.3) is 0 Å². The smallest absolute Gasteiger partial charge is 0.307 e. The molecule has 0 bridgehead atoms. The van der Waals surface area contributed by atoms with Crippen molar-refractivity contribution in [2.75, 3.05) is 7.05 Å². The van der Waals surface area contributed by atoms with Gasteiger partial charge in [0.1, 0.15) is 0 Å². The second-order valence-corrected chi connectivity index (χ2v) is 5.27. The summed E-state index contributed by atoms with van der Waals surface area (Å²) in [6.45, 7) is 3.99. The van der Waals surface area contributed by atoms with E-state index < -0.39 is 11.9 Å². The summed E-state index contributed by atoms with van der Waals surface area (Å²) >= 11 is 0. The fourth-order valence-corrected chi connectivity index (χ4v) is 2.46. The van der Waals surface area contributed by atoms with Crippen LogP contribution in [0, 0.1) is 18.8 Å². The monoisotopic (exact) mass is 261 g/mol. The zero-order valence-electron chi connectivity index (χ0n) is 11.5. The van der Waals surface area contributed by atoms with Gasteiger partial charge < -0.3 is 10.0 Å². The van der Waals surface area contributed by atoms with Crippen molar-refractivity contribution < 1.29 is 14.7 Å². The van der Waals surface area contributed by atoms with Crippen LogP contribution in [-0.4, -0.2) is 28.9 Å². The van der Waals surface area contributed by atoms with Gasteiger partial charge in [-0.2, -0.15) is 0 Å². The van der Waals surface area contributed by atoms with Crippen LogP contribution in [0.15, 0.2) is 24.3 Å². The average Bonchev–Trinajstić information content (AvgIpc) is 3.17. The molecule has 1 amide bonds. The molecule has 1 N–H and O–H groups in total. The Morgan fingerprint density at radius 2 is 1.95 bits per heavy atom. The standard InChI is InChI=1S/C15H19NO3/c1-9-6-4-5-7-11(9)10(2)16(3)14(17)12-8-13(12)15(18)19/h4-7,10,12-13H,8H2,1-3H3,(H,18,19). The van der Waals surface area contributed by atoms with Gasteiger partial charge in [-0.1, -0.05) is 24.3 Å². The molecule has 0 saturated heterocycles. The van der Waals surface area contributed by atoms with Crippen LogP contribution in [0.1, 0.15) is 30.5 Å². The lowest BCUT2D eigenvalue weighted by Gasteiger charge is -2.26. The summed E-state index contributed by atoms with van der Waals surface area (Å²) in [7, 11) is 1.75. The molecule has 1 aromatic rings. The molecule has 1 aliphatic carbocycles. The van der Waals surface area contributed by atoms with Crippen LogP contribution in [0.4, 0.5) is 0 Å². The fourth-order valence-electron chi connectivity index (χ4n) is 2.46. The number of nitrogens with zero attached hydrogens (tertiary/aromatic N) is 1. The van der Waals surface area contributed by atoms with Crippen molar-refractivity contribution >= 4 is 11.9 Å². The minimum absolute atomic E-state index is 0.0382. The minimum atomic E-state index is -0.865. The summed E-state index contributed by atoms with van der Waals surface area (Å²) in [5.74, 6) is -1.76. The third-order valence-corrected chi connectivity index (χ3v) is 3.99. The van der Waals surface area contributed by atoms with E-state index in [0.29, 0.717) is 6.42 Å². The van der Waals surface area contributed by atoms with E-state index in [9.17, 15) is 9.59 Å². The van der Waals surface area contributed by atoms with Crippen LogP contribution in [-0.2, 0) is 9.59 Å². The van der Waals surface area contributed by atoms with Gasteiger partial charge in [0.2, 0.25) is 5.91 Å². The molecule has 0 spiro atoms. The first kappa shape index (κ1) is 13.6. The highest BCUT2D eigenvalue weighted by atomic mass is 16.4. The molecule has 2 rings (SSSR count). The van der Waals surface area contributed by atoms with Gasteiger partial charge in [0, 0.05) is 7.05 Å². The third-order valence-electron chi connectivity index (χ3n) is 3.99. The second kappa shape index (κ2) is 5.03. The molecular weight excluding hydrogens is 242 g/mol. The number of amides is 1. The largest absolute Gasteiger partial charge is 0.481 e. The van der Waals surface area contributed by atoms with Gasteiger partial charge in [0.25, 0.3) is 0 Å². The first-order chi connectivity index (χ1) is 8.93. The summed E-state index contributed by atoms with van der Waals surface area (Å²) in [5, 5.41) is 8.88. The van der Waals surface area contributed by atoms with Gasteiger partial charge in [0.05, 0.1) is 17.9 Å². The molecule has 19 heavy (non-hydrogen) atoms. The highest BCUT2D eigenvalue weighted by Gasteiger charge is 2.49. The van der Waals surface area contributed by atoms with E-state index in [-0.39, 0.29) is 17.9 Å². The van der Waals surface area contributed by atoms with E-state index in [1.807, 2.05) is 38.1 Å². The van der Waals surface area contributed by atoms with Crippen molar-refractivity contribution in [3.8, 4) is 0 Å². The van der Waals surface area contributed by atoms with Gasteiger partial charge in [-0.15, -0.1) is 0 Å². The molecule has 1 aromatic carbocycles. The molecule has 1 fully saturated rings. The zero-order valence-corrected chi connectivity index (χ0v) is 11.5. The molecule has 3 atom stereocenters. The number of carboxylic acids is 1. The molecule has 1 saturated carbocycles. The van der Waals surface area contributed by atoms with Crippen LogP contribution >= 0.6 is 0 Å². The molecule has 102 valence electrons. The Bertz CT molecular complexity index is 512. The van der Waals surface area contributed by atoms with Gasteiger partial charge in [-0.25, -0.2) is 0 Å². The van der Waals surface area contributed by atoms with E-state index in [1.165, 1.54) is 0 Å². The molecule has 0 aliphatic heterocycles. The number of carboxylic acid groups (broad SMARTS) is 1. The van der Waals surface area contributed by atoms with E-state index >= 15 is 0 Å². The number of hydrogen-bond acceptors (Lipinski definition) is 2. The lowest BCUT2D eigenvalue weighted by molar-refractivity contribution is -0.142. The van der Waals surface area contributed by atoms with E-state index in [2.05, 4.69) is 0 Å². The third kappa shape index (κ3) is 2.62. The molecule has 4 nitrogen and oxygen atoms in total. The highest BCUT2D eigenvalue weighted by molar-refractivity contribution is 5.89. The molecule has 4 heteroatoms. The van der Waals surface area contributed by atoms with Crippen molar-refractivity contribution in [2.24, 2.45) is 11.8 Å². The van der Waals surface area contributed by atoms with Gasteiger partial charge >= 0.3 is 5.97 Å². The number of aryl methyl sites for hydroxylation is 1. The summed E-state index contributed by atoms with van der Waals surface area (Å²) in [4.78, 5) is 24.7. The van der Waals surface area contributed by atoms with Crippen LogP contribution < -0.4 is 0 Å². The van der Waals surface area contributed by atoms with Crippen molar-refractivity contribution in [1.29, 1.82) is 0 Å². The number of rotatable bonds is 4. The Kier molecular flexibility index (Phi) is 3.60. The number of carbonyl (C=O) groups excluding carboxylic acids is 1. The predicted octanol–water partition coefficient (Wildman–Crippen LogP) is 2.24. The van der Waals surface area contributed by atoms with Gasteiger partial charge in [-0.3, -0.25) is 9.59 Å². The van der Waals surface area contributed by atoms with Crippen LogP contribution in [0.5, 0.6) is 0 Å². The Balaban J connectivity index is 2.08. The number of aliphatic carboxylic acids is 1. The van der Waals surface area contributed by atoms with Gasteiger partial charge in [-0.05, 0) is 31.4 Å². The van der Waals surface area contributed by atoms with Gasteiger partial charge in [0.15, 0.2) is 0 Å². The zero-order chi connectivity index (χ0) is 14.2. The molecule has 3 unspecified atom stereocenters. The van der Waals surface area contributed by atoms with Crippen LogP contribution in [0.2, 0.25) is 0 Å². The van der Waals surface area contributed by atoms with Crippen molar-refractivity contribution in [1.82, 2.24) is 4.90 Å². The Morgan fingerprint density at radius 3 is 2.47 bits per heavy atom.